The fourth-order valence-electron chi connectivity index (χ4n) is 2.94. The van der Waals surface area contributed by atoms with Crippen LogP contribution in [0.25, 0.3) is 17.2 Å². The van der Waals surface area contributed by atoms with E-state index in [0.29, 0.717) is 39.1 Å². The average Bonchev–Trinajstić information content (AvgIpc) is 2.81. The molecule has 3 rings (SSSR count). The molecule has 0 radical (unpaired) electrons. The third kappa shape index (κ3) is 2.15. The number of nitrogens with two attached hydrogens (primary N) is 1. The topological polar surface area (TPSA) is 86.5 Å². The van der Waals surface area contributed by atoms with E-state index < -0.39 is 0 Å². The number of anilines is 1. The molecule has 0 aliphatic heterocycles. The summed E-state index contributed by atoms with van der Waals surface area (Å²) in [5.74, 6) is -0.257. The summed E-state index contributed by atoms with van der Waals surface area (Å²) < 4.78 is 14.0. The van der Waals surface area contributed by atoms with Gasteiger partial charge in [-0.1, -0.05) is 18.2 Å². The van der Waals surface area contributed by atoms with Gasteiger partial charge in [0, 0.05) is 11.1 Å². The van der Waals surface area contributed by atoms with E-state index in [9.17, 15) is 14.9 Å². The minimum atomic E-state index is -0.355. The zero-order valence-corrected chi connectivity index (χ0v) is 13.2. The van der Waals surface area contributed by atoms with Crippen molar-refractivity contribution in [3.05, 3.63) is 63.6 Å². The summed E-state index contributed by atoms with van der Waals surface area (Å²) in [7, 11) is 0. The second kappa shape index (κ2) is 5.64. The Balaban J connectivity index is 2.36. The van der Waals surface area contributed by atoms with E-state index in [4.69, 9.17) is 5.73 Å². The van der Waals surface area contributed by atoms with Crippen LogP contribution in [0.1, 0.15) is 34.9 Å². The van der Waals surface area contributed by atoms with Gasteiger partial charge in [0.15, 0.2) is 0 Å². The molecule has 0 spiro atoms. The van der Waals surface area contributed by atoms with Gasteiger partial charge in [-0.05, 0) is 42.7 Å². The molecule has 5 heteroatoms. The molecule has 0 bridgehead atoms. The summed E-state index contributed by atoms with van der Waals surface area (Å²) in [5.41, 5.74) is 10.1. The Labute approximate surface area is 139 Å². The predicted octanol–water partition coefficient (Wildman–Crippen LogP) is 3.83. The van der Waals surface area contributed by atoms with E-state index in [-0.39, 0.29) is 17.2 Å². The zero-order valence-electron chi connectivity index (χ0n) is 13.2. The van der Waals surface area contributed by atoms with Gasteiger partial charge < -0.3 is 5.73 Å². The van der Waals surface area contributed by atoms with Crippen molar-refractivity contribution in [2.75, 3.05) is 5.73 Å². The number of hydrogen-bond donors (Lipinski definition) is 1. The highest BCUT2D eigenvalue weighted by Gasteiger charge is 2.29. The summed E-state index contributed by atoms with van der Waals surface area (Å²) in [6.07, 6.45) is 1.68. The molecule has 116 valence electrons. The summed E-state index contributed by atoms with van der Waals surface area (Å²) >= 11 is 0. The van der Waals surface area contributed by atoms with Crippen molar-refractivity contribution < 1.29 is 4.39 Å². The van der Waals surface area contributed by atoms with Crippen LogP contribution in [0, 0.1) is 35.4 Å². The second-order valence-electron chi connectivity index (χ2n) is 5.52. The monoisotopic (exact) mass is 316 g/mol. The molecule has 4 nitrogen and oxygen atoms in total. The fraction of sp³-hybridized carbons (Fsp3) is 0.105. The lowest BCUT2D eigenvalue weighted by Gasteiger charge is -2.11. The first kappa shape index (κ1) is 15.5. The van der Waals surface area contributed by atoms with Gasteiger partial charge in [-0.15, -0.1) is 0 Å². The van der Waals surface area contributed by atoms with Crippen LogP contribution in [0.3, 0.4) is 0 Å². The first-order chi connectivity index (χ1) is 11.5. The second-order valence-corrected chi connectivity index (χ2v) is 5.52. The molecule has 0 saturated carbocycles. The van der Waals surface area contributed by atoms with Crippen LogP contribution in [-0.2, 0) is 0 Å². The number of nitriles is 2. The smallest absolute Gasteiger partial charge is 0.142 e. The molecule has 1 aliphatic rings. The van der Waals surface area contributed by atoms with Crippen LogP contribution in [0.2, 0.25) is 0 Å². The van der Waals surface area contributed by atoms with E-state index in [0.717, 1.165) is 0 Å². The van der Waals surface area contributed by atoms with Crippen LogP contribution < -0.4 is 5.73 Å². The number of hydrogen-bond acceptors (Lipinski definition) is 4. The summed E-state index contributed by atoms with van der Waals surface area (Å²) in [4.78, 5) is 4.24. The van der Waals surface area contributed by atoms with Crippen LogP contribution >= 0.6 is 0 Å². The standard InChI is InChI=1S/C19H13FN4/c1-10-13(7-12-5-3-4-6-16(12)20)17-11(2)15(9-22)19(23)24-18(17)14(10)8-21/h3-7H,1-2H3,(H2,23,24). The molecule has 1 heterocycles. The minimum Gasteiger partial charge on any atom is -0.383 e. The van der Waals surface area contributed by atoms with Crippen molar-refractivity contribution in [2.45, 2.75) is 13.8 Å². The third-order valence-electron chi connectivity index (χ3n) is 4.19. The largest absolute Gasteiger partial charge is 0.383 e. The van der Waals surface area contributed by atoms with E-state index in [2.05, 4.69) is 11.1 Å². The lowest BCUT2D eigenvalue weighted by molar-refractivity contribution is 0.625. The Kier molecular flexibility index (Phi) is 3.63. The van der Waals surface area contributed by atoms with Gasteiger partial charge >= 0.3 is 0 Å². The molecule has 0 saturated heterocycles. The van der Waals surface area contributed by atoms with E-state index in [1.807, 2.05) is 6.07 Å². The molecule has 0 amide bonds. The molecule has 1 aromatic carbocycles. The normalized spacial score (nSPS) is 14.5. The van der Waals surface area contributed by atoms with Crippen molar-refractivity contribution in [1.29, 1.82) is 10.5 Å². The van der Waals surface area contributed by atoms with E-state index >= 15 is 0 Å². The minimum absolute atomic E-state index is 0.0986. The van der Waals surface area contributed by atoms with Crippen LogP contribution in [0.15, 0.2) is 29.8 Å². The first-order valence-electron chi connectivity index (χ1n) is 7.28. The van der Waals surface area contributed by atoms with Gasteiger partial charge in [-0.25, -0.2) is 9.37 Å². The Morgan fingerprint density at radius 3 is 2.50 bits per heavy atom. The van der Waals surface area contributed by atoms with Crippen molar-refractivity contribution in [2.24, 2.45) is 0 Å². The molecule has 0 unspecified atom stereocenters. The molecule has 2 aromatic rings. The number of benzene rings is 1. The molecule has 24 heavy (non-hydrogen) atoms. The Hall–Kier alpha value is -3.44. The maximum Gasteiger partial charge on any atom is 0.142 e. The van der Waals surface area contributed by atoms with Gasteiger partial charge in [0.05, 0.1) is 16.8 Å². The molecule has 2 N–H and O–H groups in total. The highest BCUT2D eigenvalue weighted by Crippen LogP contribution is 2.44. The molecule has 1 aliphatic carbocycles. The maximum atomic E-state index is 14.0. The van der Waals surface area contributed by atoms with Gasteiger partial charge in [0.1, 0.15) is 23.8 Å². The number of nitrogen functional groups attached to an aromatic ring is 1. The van der Waals surface area contributed by atoms with Crippen LogP contribution in [0.4, 0.5) is 10.2 Å². The van der Waals surface area contributed by atoms with Crippen molar-refractivity contribution in [1.82, 2.24) is 4.98 Å². The highest BCUT2D eigenvalue weighted by molar-refractivity contribution is 6.08. The quantitative estimate of drug-likeness (QED) is 0.866. The van der Waals surface area contributed by atoms with Gasteiger partial charge in [-0.2, -0.15) is 10.5 Å². The summed E-state index contributed by atoms with van der Waals surface area (Å²) in [5, 5.41) is 18.8. The summed E-state index contributed by atoms with van der Waals surface area (Å²) in [6.45, 7) is 3.55. The molecular weight excluding hydrogens is 303 g/mol. The molecule has 1 aromatic heterocycles. The number of nitrogens with zero attached hydrogens (tertiary/aromatic N) is 3. The molecular formula is C19H13FN4. The van der Waals surface area contributed by atoms with E-state index in [1.165, 1.54) is 6.07 Å². The maximum absolute atomic E-state index is 14.0. The number of fused-ring (bicyclic) bond motifs is 1. The molecule has 0 fully saturated rings. The Bertz CT molecular complexity index is 1020. The number of halogens is 1. The van der Waals surface area contributed by atoms with Gasteiger partial charge in [-0.3, -0.25) is 0 Å². The SMILES string of the molecule is CC1=C(C#N)c2nc(N)c(C#N)c(C)c2C1=Cc1ccccc1F. The number of aromatic nitrogens is 1. The van der Waals surface area contributed by atoms with Crippen molar-refractivity contribution in [3.63, 3.8) is 0 Å². The lowest BCUT2D eigenvalue weighted by Crippen LogP contribution is -2.03. The highest BCUT2D eigenvalue weighted by atomic mass is 19.1. The zero-order chi connectivity index (χ0) is 17.4. The van der Waals surface area contributed by atoms with E-state index in [1.54, 1.807) is 38.1 Å². The number of allylic oxidation sites excluding steroid dienone is 3. The molecule has 0 atom stereocenters. The fourth-order valence-corrected chi connectivity index (χ4v) is 2.94. The number of pyridine rings is 1. The Morgan fingerprint density at radius 2 is 1.88 bits per heavy atom. The van der Waals surface area contributed by atoms with Gasteiger partial charge in [0.2, 0.25) is 0 Å². The first-order valence-corrected chi connectivity index (χ1v) is 7.28. The average molecular weight is 316 g/mol. The van der Waals surface area contributed by atoms with Crippen molar-refractivity contribution in [3.8, 4) is 12.1 Å². The number of rotatable bonds is 1. The van der Waals surface area contributed by atoms with Crippen LogP contribution in [0.5, 0.6) is 0 Å². The van der Waals surface area contributed by atoms with Crippen molar-refractivity contribution >= 4 is 23.0 Å². The van der Waals surface area contributed by atoms with Crippen LogP contribution in [-0.4, -0.2) is 4.98 Å². The lowest BCUT2D eigenvalue weighted by atomic mass is 9.95. The third-order valence-corrected chi connectivity index (χ3v) is 4.19. The Morgan fingerprint density at radius 1 is 1.17 bits per heavy atom. The summed E-state index contributed by atoms with van der Waals surface area (Å²) in [6, 6.07) is 10.6. The van der Waals surface area contributed by atoms with Gasteiger partial charge in [0.25, 0.3) is 0 Å². The predicted molar refractivity (Wildman–Crippen MR) is 90.6 cm³/mol.